The molecular formula is C8H8N2. The summed E-state index contributed by atoms with van der Waals surface area (Å²) in [5, 5.41) is 8.57. The van der Waals surface area contributed by atoms with Crippen molar-refractivity contribution in [2.75, 3.05) is 0 Å². The molecule has 1 heterocycles. The maximum atomic E-state index is 8.57. The van der Waals surface area contributed by atoms with Crippen LogP contribution in [-0.4, -0.2) is 4.98 Å². The third kappa shape index (κ3) is 0.985. The van der Waals surface area contributed by atoms with Crippen LogP contribution in [-0.2, 0) is 0 Å². The third-order valence-electron chi connectivity index (χ3n) is 1.58. The Bertz CT molecular complexity index is 284. The SMILES string of the molecule is Cc1nccc(C#N)c1C. The minimum atomic E-state index is 0.715. The Morgan fingerprint density at radius 1 is 1.50 bits per heavy atom. The van der Waals surface area contributed by atoms with E-state index in [-0.39, 0.29) is 0 Å². The van der Waals surface area contributed by atoms with Gasteiger partial charge in [-0.1, -0.05) is 0 Å². The van der Waals surface area contributed by atoms with Crippen molar-refractivity contribution in [1.29, 1.82) is 5.26 Å². The van der Waals surface area contributed by atoms with E-state index in [9.17, 15) is 0 Å². The highest BCUT2D eigenvalue weighted by Crippen LogP contribution is 2.07. The van der Waals surface area contributed by atoms with E-state index in [1.54, 1.807) is 12.3 Å². The summed E-state index contributed by atoms with van der Waals surface area (Å²) in [7, 11) is 0. The summed E-state index contributed by atoms with van der Waals surface area (Å²) in [6, 6.07) is 3.82. The molecule has 1 rings (SSSR count). The average molecular weight is 132 g/mol. The first-order valence-corrected chi connectivity index (χ1v) is 3.08. The molecule has 0 saturated carbocycles. The normalized spacial score (nSPS) is 8.90. The predicted molar refractivity (Wildman–Crippen MR) is 38.4 cm³/mol. The lowest BCUT2D eigenvalue weighted by atomic mass is 10.1. The zero-order valence-corrected chi connectivity index (χ0v) is 6.05. The lowest BCUT2D eigenvalue weighted by Crippen LogP contribution is -1.89. The van der Waals surface area contributed by atoms with Crippen molar-refractivity contribution < 1.29 is 0 Å². The fourth-order valence-electron chi connectivity index (χ4n) is 0.761. The predicted octanol–water partition coefficient (Wildman–Crippen LogP) is 1.57. The van der Waals surface area contributed by atoms with Gasteiger partial charge in [-0.2, -0.15) is 5.26 Å². The monoisotopic (exact) mass is 132 g/mol. The largest absolute Gasteiger partial charge is 0.261 e. The zero-order valence-electron chi connectivity index (χ0n) is 6.05. The number of hydrogen-bond acceptors (Lipinski definition) is 2. The van der Waals surface area contributed by atoms with Gasteiger partial charge in [-0.3, -0.25) is 4.98 Å². The van der Waals surface area contributed by atoms with E-state index in [1.165, 1.54) is 0 Å². The second-order valence-electron chi connectivity index (χ2n) is 2.18. The molecule has 1 aromatic rings. The zero-order chi connectivity index (χ0) is 7.56. The smallest absolute Gasteiger partial charge is 0.0995 e. The van der Waals surface area contributed by atoms with Crippen LogP contribution in [0.5, 0.6) is 0 Å². The molecule has 0 saturated heterocycles. The lowest BCUT2D eigenvalue weighted by molar-refractivity contribution is 1.14. The fraction of sp³-hybridized carbons (Fsp3) is 0.250. The molecule has 0 unspecified atom stereocenters. The molecule has 0 spiro atoms. The average Bonchev–Trinajstić information content (AvgIpc) is 1.95. The second-order valence-corrected chi connectivity index (χ2v) is 2.18. The molecule has 0 aromatic carbocycles. The van der Waals surface area contributed by atoms with Crippen molar-refractivity contribution in [3.8, 4) is 6.07 Å². The van der Waals surface area contributed by atoms with Gasteiger partial charge in [0, 0.05) is 11.9 Å². The van der Waals surface area contributed by atoms with Crippen LogP contribution in [0.3, 0.4) is 0 Å². The molecule has 10 heavy (non-hydrogen) atoms. The molecule has 0 aliphatic carbocycles. The highest BCUT2D eigenvalue weighted by atomic mass is 14.7. The lowest BCUT2D eigenvalue weighted by Gasteiger charge is -1.97. The molecule has 2 heteroatoms. The van der Waals surface area contributed by atoms with Gasteiger partial charge in [-0.05, 0) is 25.5 Å². The van der Waals surface area contributed by atoms with E-state index in [1.807, 2.05) is 13.8 Å². The molecule has 0 fully saturated rings. The topological polar surface area (TPSA) is 36.7 Å². The summed E-state index contributed by atoms with van der Waals surface area (Å²) in [6.45, 7) is 3.80. The molecule has 0 bridgehead atoms. The molecule has 0 amide bonds. The van der Waals surface area contributed by atoms with Crippen molar-refractivity contribution >= 4 is 0 Å². The number of pyridine rings is 1. The molecular weight excluding hydrogens is 124 g/mol. The standard InChI is InChI=1S/C8H8N2/c1-6-7(2)10-4-3-8(6)5-9/h3-4H,1-2H3. The van der Waals surface area contributed by atoms with Crippen LogP contribution in [0.1, 0.15) is 16.8 Å². The van der Waals surface area contributed by atoms with Crippen molar-refractivity contribution in [2.24, 2.45) is 0 Å². The first kappa shape index (κ1) is 6.76. The number of nitriles is 1. The van der Waals surface area contributed by atoms with Crippen molar-refractivity contribution in [3.05, 3.63) is 29.1 Å². The Balaban J connectivity index is 3.31. The molecule has 0 radical (unpaired) electrons. The maximum absolute atomic E-state index is 8.57. The Labute approximate surface area is 60.1 Å². The van der Waals surface area contributed by atoms with Gasteiger partial charge in [0.25, 0.3) is 0 Å². The van der Waals surface area contributed by atoms with Gasteiger partial charge in [-0.25, -0.2) is 0 Å². The van der Waals surface area contributed by atoms with Crippen LogP contribution in [0.25, 0.3) is 0 Å². The van der Waals surface area contributed by atoms with E-state index < -0.39 is 0 Å². The first-order chi connectivity index (χ1) is 4.75. The number of aryl methyl sites for hydroxylation is 1. The van der Waals surface area contributed by atoms with E-state index >= 15 is 0 Å². The number of nitrogens with zero attached hydrogens (tertiary/aromatic N) is 2. The third-order valence-corrected chi connectivity index (χ3v) is 1.58. The van der Waals surface area contributed by atoms with Crippen LogP contribution >= 0.6 is 0 Å². The number of rotatable bonds is 0. The highest BCUT2D eigenvalue weighted by molar-refractivity contribution is 5.37. The quantitative estimate of drug-likeness (QED) is 0.537. The van der Waals surface area contributed by atoms with E-state index in [2.05, 4.69) is 11.1 Å². The van der Waals surface area contributed by atoms with Gasteiger partial charge in [0.05, 0.1) is 11.6 Å². The fourth-order valence-corrected chi connectivity index (χ4v) is 0.761. The van der Waals surface area contributed by atoms with E-state index in [0.717, 1.165) is 11.3 Å². The van der Waals surface area contributed by atoms with Crippen LogP contribution in [0.4, 0.5) is 0 Å². The van der Waals surface area contributed by atoms with Gasteiger partial charge in [0.1, 0.15) is 0 Å². The summed E-state index contributed by atoms with van der Waals surface area (Å²) in [6.07, 6.45) is 1.65. The number of aromatic nitrogens is 1. The van der Waals surface area contributed by atoms with Gasteiger partial charge in [0.15, 0.2) is 0 Å². The Hall–Kier alpha value is -1.36. The molecule has 2 nitrogen and oxygen atoms in total. The van der Waals surface area contributed by atoms with Crippen LogP contribution in [0, 0.1) is 25.2 Å². The summed E-state index contributed by atoms with van der Waals surface area (Å²) >= 11 is 0. The molecule has 0 N–H and O–H groups in total. The minimum Gasteiger partial charge on any atom is -0.261 e. The molecule has 50 valence electrons. The van der Waals surface area contributed by atoms with Gasteiger partial charge in [0.2, 0.25) is 0 Å². The summed E-state index contributed by atoms with van der Waals surface area (Å²) in [5.41, 5.74) is 2.62. The van der Waals surface area contributed by atoms with Gasteiger partial charge in [-0.15, -0.1) is 0 Å². The van der Waals surface area contributed by atoms with Crippen molar-refractivity contribution in [3.63, 3.8) is 0 Å². The number of hydrogen-bond donors (Lipinski definition) is 0. The summed E-state index contributed by atoms with van der Waals surface area (Å²) < 4.78 is 0. The minimum absolute atomic E-state index is 0.715. The molecule has 0 atom stereocenters. The Morgan fingerprint density at radius 2 is 2.20 bits per heavy atom. The molecule has 0 aliphatic rings. The van der Waals surface area contributed by atoms with Crippen LogP contribution in [0.2, 0.25) is 0 Å². The van der Waals surface area contributed by atoms with Crippen LogP contribution < -0.4 is 0 Å². The first-order valence-electron chi connectivity index (χ1n) is 3.08. The van der Waals surface area contributed by atoms with Gasteiger partial charge >= 0.3 is 0 Å². The Morgan fingerprint density at radius 3 is 2.70 bits per heavy atom. The molecule has 1 aromatic heterocycles. The van der Waals surface area contributed by atoms with Gasteiger partial charge < -0.3 is 0 Å². The van der Waals surface area contributed by atoms with E-state index in [4.69, 9.17) is 5.26 Å². The molecule has 0 aliphatic heterocycles. The van der Waals surface area contributed by atoms with Crippen molar-refractivity contribution in [2.45, 2.75) is 13.8 Å². The van der Waals surface area contributed by atoms with Crippen molar-refractivity contribution in [1.82, 2.24) is 4.98 Å². The summed E-state index contributed by atoms with van der Waals surface area (Å²) in [5.74, 6) is 0. The summed E-state index contributed by atoms with van der Waals surface area (Å²) in [4.78, 5) is 4.04. The second kappa shape index (κ2) is 2.49. The van der Waals surface area contributed by atoms with E-state index in [0.29, 0.717) is 5.56 Å². The highest BCUT2D eigenvalue weighted by Gasteiger charge is 1.97. The van der Waals surface area contributed by atoms with Crippen LogP contribution in [0.15, 0.2) is 12.3 Å². The Kier molecular flexibility index (Phi) is 1.68. The maximum Gasteiger partial charge on any atom is 0.0995 e.